The van der Waals surface area contributed by atoms with Gasteiger partial charge in [0.15, 0.2) is 0 Å². The van der Waals surface area contributed by atoms with Gasteiger partial charge in [-0.3, -0.25) is 0 Å². The Labute approximate surface area is 118 Å². The third-order valence-corrected chi connectivity index (χ3v) is 4.82. The van der Waals surface area contributed by atoms with Crippen LogP contribution in [-0.2, 0) is 0 Å². The second kappa shape index (κ2) is 5.62. The van der Waals surface area contributed by atoms with E-state index in [0.717, 1.165) is 35.0 Å². The molecule has 0 radical (unpaired) electrons. The fourth-order valence-corrected chi connectivity index (χ4v) is 3.25. The predicted octanol–water partition coefficient (Wildman–Crippen LogP) is 3.98. The molecule has 1 heterocycles. The van der Waals surface area contributed by atoms with Crippen molar-refractivity contribution >= 4 is 21.6 Å². The molecular weight excluding hydrogens is 290 g/mol. The van der Waals surface area contributed by atoms with Crippen molar-refractivity contribution in [2.75, 3.05) is 18.0 Å². The number of benzene rings is 1. The van der Waals surface area contributed by atoms with Crippen LogP contribution in [0.15, 0.2) is 22.7 Å². The van der Waals surface area contributed by atoms with Crippen LogP contribution < -0.4 is 4.90 Å². The van der Waals surface area contributed by atoms with Crippen LogP contribution in [0.4, 0.5) is 5.69 Å². The van der Waals surface area contributed by atoms with E-state index in [1.54, 1.807) is 6.92 Å². The highest BCUT2D eigenvalue weighted by molar-refractivity contribution is 9.10. The van der Waals surface area contributed by atoms with Crippen LogP contribution in [0.25, 0.3) is 0 Å². The van der Waals surface area contributed by atoms with E-state index in [0.29, 0.717) is 0 Å². The van der Waals surface area contributed by atoms with E-state index < -0.39 is 6.10 Å². The predicted molar refractivity (Wildman–Crippen MR) is 79.9 cm³/mol. The summed E-state index contributed by atoms with van der Waals surface area (Å²) in [5, 5.41) is 9.64. The van der Waals surface area contributed by atoms with Crippen molar-refractivity contribution in [3.8, 4) is 0 Å². The molecule has 1 aliphatic rings. The van der Waals surface area contributed by atoms with Gasteiger partial charge in [0.05, 0.1) is 6.10 Å². The minimum Gasteiger partial charge on any atom is -0.389 e. The molecule has 1 saturated heterocycles. The molecule has 1 aromatic carbocycles. The van der Waals surface area contributed by atoms with Crippen LogP contribution in [0.1, 0.15) is 38.9 Å². The van der Waals surface area contributed by atoms with Crippen molar-refractivity contribution in [1.29, 1.82) is 0 Å². The van der Waals surface area contributed by atoms with E-state index in [9.17, 15) is 5.11 Å². The molecule has 3 atom stereocenters. The fraction of sp³-hybridized carbons (Fsp3) is 0.600. The van der Waals surface area contributed by atoms with Crippen molar-refractivity contribution in [2.45, 2.75) is 33.3 Å². The van der Waals surface area contributed by atoms with Crippen molar-refractivity contribution < 1.29 is 5.11 Å². The third kappa shape index (κ3) is 2.89. The molecule has 0 spiro atoms. The van der Waals surface area contributed by atoms with Gasteiger partial charge in [-0.15, -0.1) is 0 Å². The molecular formula is C15H22BrNO. The Bertz CT molecular complexity index is 419. The summed E-state index contributed by atoms with van der Waals surface area (Å²) in [6.07, 6.45) is 0.838. The molecule has 18 heavy (non-hydrogen) atoms. The first-order valence-electron chi connectivity index (χ1n) is 6.71. The van der Waals surface area contributed by atoms with Crippen LogP contribution in [0.3, 0.4) is 0 Å². The second-order valence-electron chi connectivity index (χ2n) is 5.57. The van der Waals surface area contributed by atoms with Gasteiger partial charge in [0.2, 0.25) is 0 Å². The van der Waals surface area contributed by atoms with Gasteiger partial charge >= 0.3 is 0 Å². The number of rotatable bonds is 2. The molecule has 100 valence electrons. The average Bonchev–Trinajstić information content (AvgIpc) is 2.32. The van der Waals surface area contributed by atoms with Crippen molar-refractivity contribution in [1.82, 2.24) is 0 Å². The van der Waals surface area contributed by atoms with Crippen LogP contribution in [0.5, 0.6) is 0 Å². The first kappa shape index (κ1) is 13.9. The van der Waals surface area contributed by atoms with Crippen molar-refractivity contribution in [3.05, 3.63) is 28.2 Å². The van der Waals surface area contributed by atoms with Gasteiger partial charge in [0, 0.05) is 23.2 Å². The smallest absolute Gasteiger partial charge is 0.0772 e. The normalized spacial score (nSPS) is 26.2. The number of halogens is 1. The zero-order chi connectivity index (χ0) is 13.3. The highest BCUT2D eigenvalue weighted by Crippen LogP contribution is 2.31. The Morgan fingerprint density at radius 3 is 2.61 bits per heavy atom. The zero-order valence-electron chi connectivity index (χ0n) is 11.4. The van der Waals surface area contributed by atoms with Gasteiger partial charge in [-0.2, -0.15) is 0 Å². The highest BCUT2D eigenvalue weighted by atomic mass is 79.9. The standard InChI is InChI=1S/C15H22BrNO/c1-10-6-7-17(9-11(10)2)13-4-5-14(12(3)18)15(16)8-13/h4-5,8,10-12,18H,6-7,9H2,1-3H3/t10?,11?,12-/m1/s1. The van der Waals surface area contributed by atoms with Gasteiger partial charge in [0.25, 0.3) is 0 Å². The van der Waals surface area contributed by atoms with E-state index >= 15 is 0 Å². The Balaban J connectivity index is 2.17. The van der Waals surface area contributed by atoms with E-state index in [1.807, 2.05) is 6.07 Å². The summed E-state index contributed by atoms with van der Waals surface area (Å²) in [6.45, 7) is 8.72. The molecule has 0 aromatic heterocycles. The zero-order valence-corrected chi connectivity index (χ0v) is 12.9. The molecule has 2 nitrogen and oxygen atoms in total. The molecule has 0 saturated carbocycles. The molecule has 1 N–H and O–H groups in total. The Morgan fingerprint density at radius 2 is 2.06 bits per heavy atom. The van der Waals surface area contributed by atoms with E-state index in [-0.39, 0.29) is 0 Å². The third-order valence-electron chi connectivity index (χ3n) is 4.13. The number of anilines is 1. The molecule has 2 unspecified atom stereocenters. The molecule has 3 heteroatoms. The number of piperidine rings is 1. The fourth-order valence-electron chi connectivity index (χ4n) is 2.55. The SMILES string of the molecule is CC1CCN(c2ccc([C@@H](C)O)c(Br)c2)CC1C. The lowest BCUT2D eigenvalue weighted by Crippen LogP contribution is -2.38. The molecule has 0 bridgehead atoms. The number of hydrogen-bond donors (Lipinski definition) is 1. The number of aliphatic hydroxyl groups is 1. The molecule has 1 aliphatic heterocycles. The first-order chi connectivity index (χ1) is 8.49. The van der Waals surface area contributed by atoms with Crippen LogP contribution >= 0.6 is 15.9 Å². The quantitative estimate of drug-likeness (QED) is 0.893. The molecule has 0 amide bonds. The lowest BCUT2D eigenvalue weighted by Gasteiger charge is -2.37. The summed E-state index contributed by atoms with van der Waals surface area (Å²) in [4.78, 5) is 2.45. The Hall–Kier alpha value is -0.540. The summed E-state index contributed by atoms with van der Waals surface area (Å²) in [6, 6.07) is 6.27. The maximum atomic E-state index is 9.64. The van der Waals surface area contributed by atoms with E-state index in [4.69, 9.17) is 0 Å². The molecule has 1 fully saturated rings. The largest absolute Gasteiger partial charge is 0.389 e. The minimum atomic E-state index is -0.422. The summed E-state index contributed by atoms with van der Waals surface area (Å²) in [5.74, 6) is 1.57. The maximum absolute atomic E-state index is 9.64. The first-order valence-corrected chi connectivity index (χ1v) is 7.50. The molecule has 2 rings (SSSR count). The highest BCUT2D eigenvalue weighted by Gasteiger charge is 2.23. The Morgan fingerprint density at radius 1 is 1.33 bits per heavy atom. The van der Waals surface area contributed by atoms with E-state index in [2.05, 4.69) is 46.8 Å². The number of nitrogens with zero attached hydrogens (tertiary/aromatic N) is 1. The summed E-state index contributed by atoms with van der Waals surface area (Å²) in [7, 11) is 0. The number of aliphatic hydroxyl groups excluding tert-OH is 1. The van der Waals surface area contributed by atoms with Crippen LogP contribution in [0.2, 0.25) is 0 Å². The summed E-state index contributed by atoms with van der Waals surface area (Å²) < 4.78 is 1.00. The molecule has 1 aromatic rings. The minimum absolute atomic E-state index is 0.422. The Kier molecular flexibility index (Phi) is 4.33. The van der Waals surface area contributed by atoms with E-state index in [1.165, 1.54) is 12.1 Å². The second-order valence-corrected chi connectivity index (χ2v) is 6.43. The summed E-state index contributed by atoms with van der Waals surface area (Å²) >= 11 is 3.55. The van der Waals surface area contributed by atoms with Gasteiger partial charge in [-0.05, 0) is 42.9 Å². The lowest BCUT2D eigenvalue weighted by molar-refractivity contribution is 0.198. The van der Waals surface area contributed by atoms with Crippen molar-refractivity contribution in [3.63, 3.8) is 0 Å². The van der Waals surface area contributed by atoms with Crippen LogP contribution in [-0.4, -0.2) is 18.2 Å². The van der Waals surface area contributed by atoms with Gasteiger partial charge in [-0.25, -0.2) is 0 Å². The number of hydrogen-bond acceptors (Lipinski definition) is 2. The maximum Gasteiger partial charge on any atom is 0.0772 e. The average molecular weight is 312 g/mol. The summed E-state index contributed by atoms with van der Waals surface area (Å²) in [5.41, 5.74) is 2.21. The van der Waals surface area contributed by atoms with Gasteiger partial charge in [-0.1, -0.05) is 35.8 Å². The van der Waals surface area contributed by atoms with Gasteiger partial charge in [0.1, 0.15) is 0 Å². The lowest BCUT2D eigenvalue weighted by atomic mass is 9.88. The molecule has 0 aliphatic carbocycles. The van der Waals surface area contributed by atoms with Gasteiger partial charge < -0.3 is 10.0 Å². The topological polar surface area (TPSA) is 23.5 Å². The van der Waals surface area contributed by atoms with Crippen molar-refractivity contribution in [2.24, 2.45) is 11.8 Å². The monoisotopic (exact) mass is 311 g/mol. The van der Waals surface area contributed by atoms with Crippen LogP contribution in [0, 0.1) is 11.8 Å².